The molecule has 0 aliphatic rings. The van der Waals surface area contributed by atoms with Crippen molar-refractivity contribution in [1.29, 1.82) is 0 Å². The van der Waals surface area contributed by atoms with E-state index in [1.54, 1.807) is 0 Å². The molecular weight excluding hydrogens is 757 g/mol. The fourth-order valence-corrected chi connectivity index (χ4v) is 9.89. The third-order valence-corrected chi connectivity index (χ3v) is 12.6. The minimum atomic E-state index is 0.848. The van der Waals surface area contributed by atoms with Crippen molar-refractivity contribution < 1.29 is 8.83 Å². The number of nitrogens with zero attached hydrogens (tertiary/aromatic N) is 2. The van der Waals surface area contributed by atoms with E-state index >= 15 is 0 Å². The first kappa shape index (κ1) is 34.5. The van der Waals surface area contributed by atoms with Gasteiger partial charge in [0.1, 0.15) is 22.3 Å². The predicted molar refractivity (Wildman–Crippen MR) is 258 cm³/mol. The standard InChI is InChI=1S/C58H36N2O2/c1-2-19-39-37(17-1)18-15-32-50(39)59(51-28-9-5-22-42(51)46-26-16-27-47-44-24-7-13-33-55(44)61-57(46)47)38-35-48(58-49(36-38)45-25-8-14-34-56(45)62-58)43-23-6-12-31-54(43)60-52-29-10-3-20-40(52)41-21-4-11-30-53(41)60/h1-36H. The van der Waals surface area contributed by atoms with Crippen LogP contribution in [0.2, 0.25) is 0 Å². The van der Waals surface area contributed by atoms with Crippen molar-refractivity contribution in [2.24, 2.45) is 0 Å². The second kappa shape index (κ2) is 13.6. The number of benzene rings is 10. The first-order valence-electron chi connectivity index (χ1n) is 21.1. The lowest BCUT2D eigenvalue weighted by molar-refractivity contribution is 0.669. The van der Waals surface area contributed by atoms with Crippen LogP contribution in [0.5, 0.6) is 0 Å². The van der Waals surface area contributed by atoms with E-state index in [0.717, 1.165) is 105 Å². The van der Waals surface area contributed by atoms with E-state index in [4.69, 9.17) is 8.83 Å². The third-order valence-electron chi connectivity index (χ3n) is 12.6. The van der Waals surface area contributed by atoms with Gasteiger partial charge in [-0.1, -0.05) is 164 Å². The van der Waals surface area contributed by atoms with Crippen LogP contribution in [0.1, 0.15) is 0 Å². The lowest BCUT2D eigenvalue weighted by Crippen LogP contribution is -2.12. The molecule has 13 rings (SSSR count). The van der Waals surface area contributed by atoms with Crippen molar-refractivity contribution >= 4 is 93.5 Å². The predicted octanol–water partition coefficient (Wildman–Crippen LogP) is 16.5. The molecular formula is C58H36N2O2. The molecule has 0 aliphatic heterocycles. The molecule has 0 saturated carbocycles. The van der Waals surface area contributed by atoms with E-state index in [2.05, 4.69) is 222 Å². The molecule has 0 saturated heterocycles. The number of aromatic nitrogens is 1. The molecule has 0 unspecified atom stereocenters. The summed E-state index contributed by atoms with van der Waals surface area (Å²) in [5.41, 5.74) is 14.1. The SMILES string of the molecule is c1ccc(N(c2cc(-c3ccccc3-n3c4ccccc4c4ccccc43)c3oc4ccccc4c3c2)c2cccc3ccccc23)c(-c2cccc3c2oc2ccccc23)c1. The minimum Gasteiger partial charge on any atom is -0.455 e. The van der Waals surface area contributed by atoms with Crippen molar-refractivity contribution in [3.8, 4) is 27.9 Å². The van der Waals surface area contributed by atoms with Gasteiger partial charge in [-0.3, -0.25) is 0 Å². The summed E-state index contributed by atoms with van der Waals surface area (Å²) in [4.78, 5) is 2.44. The van der Waals surface area contributed by atoms with Crippen LogP contribution in [0.25, 0.3) is 104 Å². The molecule has 0 radical (unpaired) electrons. The van der Waals surface area contributed by atoms with Gasteiger partial charge in [0.15, 0.2) is 0 Å². The van der Waals surface area contributed by atoms with Gasteiger partial charge in [-0.25, -0.2) is 0 Å². The number of furan rings is 2. The van der Waals surface area contributed by atoms with Crippen molar-refractivity contribution in [1.82, 2.24) is 4.57 Å². The van der Waals surface area contributed by atoms with E-state index in [9.17, 15) is 0 Å². The van der Waals surface area contributed by atoms with Crippen LogP contribution in [-0.2, 0) is 0 Å². The number of anilines is 3. The molecule has 0 amide bonds. The number of hydrogen-bond acceptors (Lipinski definition) is 3. The van der Waals surface area contributed by atoms with Crippen LogP contribution in [0.4, 0.5) is 17.1 Å². The topological polar surface area (TPSA) is 34.5 Å². The highest BCUT2D eigenvalue weighted by atomic mass is 16.3. The zero-order valence-corrected chi connectivity index (χ0v) is 33.5. The Labute approximate surface area is 356 Å². The Morgan fingerprint density at radius 3 is 1.58 bits per heavy atom. The van der Waals surface area contributed by atoms with Crippen LogP contribution < -0.4 is 4.90 Å². The summed E-state index contributed by atoms with van der Waals surface area (Å²) in [5, 5.41) is 9.08. The lowest BCUT2D eigenvalue weighted by atomic mass is 9.96. The second-order valence-electron chi connectivity index (χ2n) is 16.0. The van der Waals surface area contributed by atoms with Crippen molar-refractivity contribution in [2.75, 3.05) is 4.90 Å². The van der Waals surface area contributed by atoms with Gasteiger partial charge in [-0.2, -0.15) is 0 Å². The maximum absolute atomic E-state index is 6.93. The van der Waals surface area contributed by atoms with E-state index in [1.807, 2.05) is 6.07 Å². The molecule has 0 atom stereocenters. The van der Waals surface area contributed by atoms with Gasteiger partial charge in [0.05, 0.1) is 28.1 Å². The highest BCUT2D eigenvalue weighted by Crippen LogP contribution is 2.49. The fourth-order valence-electron chi connectivity index (χ4n) is 9.89. The highest BCUT2D eigenvalue weighted by Gasteiger charge is 2.26. The lowest BCUT2D eigenvalue weighted by Gasteiger charge is -2.29. The summed E-state index contributed by atoms with van der Waals surface area (Å²) in [6.45, 7) is 0. The average Bonchev–Trinajstić information content (AvgIpc) is 4.02. The van der Waals surface area contributed by atoms with Gasteiger partial charge < -0.3 is 18.3 Å². The van der Waals surface area contributed by atoms with E-state index in [0.29, 0.717) is 0 Å². The summed E-state index contributed by atoms with van der Waals surface area (Å²) in [5.74, 6) is 0. The van der Waals surface area contributed by atoms with E-state index in [1.165, 1.54) is 16.2 Å². The molecule has 4 heteroatoms. The Balaban J connectivity index is 1.14. The second-order valence-corrected chi connectivity index (χ2v) is 16.0. The summed E-state index contributed by atoms with van der Waals surface area (Å²) >= 11 is 0. The largest absolute Gasteiger partial charge is 0.455 e. The number of para-hydroxylation sites is 7. The summed E-state index contributed by atoms with van der Waals surface area (Å²) < 4.78 is 16.0. The van der Waals surface area contributed by atoms with Gasteiger partial charge in [0, 0.05) is 65.6 Å². The van der Waals surface area contributed by atoms with E-state index < -0.39 is 0 Å². The monoisotopic (exact) mass is 792 g/mol. The number of rotatable bonds is 6. The Morgan fingerprint density at radius 2 is 0.823 bits per heavy atom. The maximum atomic E-state index is 6.93. The molecule has 62 heavy (non-hydrogen) atoms. The first-order chi connectivity index (χ1) is 30.8. The fraction of sp³-hybridized carbons (Fsp3) is 0. The molecule has 0 aliphatic carbocycles. The van der Waals surface area contributed by atoms with Gasteiger partial charge in [0.2, 0.25) is 0 Å². The smallest absolute Gasteiger partial charge is 0.143 e. The molecule has 3 aromatic heterocycles. The van der Waals surface area contributed by atoms with Gasteiger partial charge in [-0.05, 0) is 60.0 Å². The Morgan fingerprint density at radius 1 is 0.323 bits per heavy atom. The van der Waals surface area contributed by atoms with Gasteiger partial charge in [-0.15, -0.1) is 0 Å². The summed E-state index contributed by atoms with van der Waals surface area (Å²) in [6.07, 6.45) is 0. The summed E-state index contributed by atoms with van der Waals surface area (Å²) in [6, 6.07) is 78.0. The van der Waals surface area contributed by atoms with Crippen LogP contribution in [-0.4, -0.2) is 4.57 Å². The summed E-state index contributed by atoms with van der Waals surface area (Å²) in [7, 11) is 0. The minimum absolute atomic E-state index is 0.848. The van der Waals surface area contributed by atoms with Gasteiger partial charge in [0.25, 0.3) is 0 Å². The van der Waals surface area contributed by atoms with Crippen LogP contribution in [0.15, 0.2) is 227 Å². The quantitative estimate of drug-likeness (QED) is 0.168. The molecule has 4 nitrogen and oxygen atoms in total. The zero-order valence-electron chi connectivity index (χ0n) is 33.5. The molecule has 0 N–H and O–H groups in total. The van der Waals surface area contributed by atoms with Crippen LogP contribution >= 0.6 is 0 Å². The molecule has 13 aromatic rings. The van der Waals surface area contributed by atoms with Crippen LogP contribution in [0, 0.1) is 0 Å². The van der Waals surface area contributed by atoms with Crippen LogP contribution in [0.3, 0.4) is 0 Å². The molecule has 0 fully saturated rings. The number of hydrogen-bond donors (Lipinski definition) is 0. The molecule has 10 aromatic carbocycles. The molecule has 3 heterocycles. The maximum Gasteiger partial charge on any atom is 0.143 e. The average molecular weight is 793 g/mol. The Hall–Kier alpha value is -8.34. The molecule has 290 valence electrons. The van der Waals surface area contributed by atoms with Gasteiger partial charge >= 0.3 is 0 Å². The van der Waals surface area contributed by atoms with Crippen molar-refractivity contribution in [2.45, 2.75) is 0 Å². The zero-order chi connectivity index (χ0) is 40.7. The normalized spacial score (nSPS) is 11.9. The highest BCUT2D eigenvalue weighted by molar-refractivity contribution is 6.15. The molecule has 0 bridgehead atoms. The Bertz CT molecular complexity index is 3840. The van der Waals surface area contributed by atoms with Crippen molar-refractivity contribution in [3.05, 3.63) is 218 Å². The van der Waals surface area contributed by atoms with E-state index in [-0.39, 0.29) is 0 Å². The number of fused-ring (bicyclic) bond motifs is 10. The molecule has 0 spiro atoms. The third kappa shape index (κ3) is 5.14. The first-order valence-corrected chi connectivity index (χ1v) is 21.1. The van der Waals surface area contributed by atoms with Crippen molar-refractivity contribution in [3.63, 3.8) is 0 Å². The Kier molecular flexibility index (Phi) is 7.57.